The first-order chi connectivity index (χ1) is 16.5. The Bertz CT molecular complexity index is 1090. The normalized spacial score (nSPS) is 11.1. The van der Waals surface area contributed by atoms with Crippen LogP contribution in [-0.2, 0) is 0 Å². The zero-order valence-corrected chi connectivity index (χ0v) is 20.2. The molecule has 3 N–H and O–H groups in total. The number of carbonyl (C=O) groups excluding carboxylic acids is 1. The summed E-state index contributed by atoms with van der Waals surface area (Å²) in [5, 5.41) is 15.5. The van der Waals surface area contributed by atoms with Crippen LogP contribution in [0.25, 0.3) is 22.4 Å². The second-order valence-electron chi connectivity index (χ2n) is 8.11. The summed E-state index contributed by atoms with van der Waals surface area (Å²) in [5.41, 5.74) is 2.34. The Morgan fingerprint density at radius 2 is 1.85 bits per heavy atom. The Labute approximate surface area is 200 Å². The highest BCUT2D eigenvalue weighted by Gasteiger charge is 2.10. The SMILES string of the molecule is CCCN(CCC)CCCCNC(=O)Nc1ccc2ncc(-c3ccc(O)c(OC)c3)nc2n1. The largest absolute Gasteiger partial charge is 0.504 e. The molecule has 0 aliphatic heterocycles. The van der Waals surface area contributed by atoms with E-state index in [0.29, 0.717) is 35.0 Å². The molecule has 2 aromatic heterocycles. The van der Waals surface area contributed by atoms with Crippen molar-refractivity contribution in [2.45, 2.75) is 39.5 Å². The molecule has 0 saturated heterocycles. The molecule has 0 aliphatic rings. The van der Waals surface area contributed by atoms with Gasteiger partial charge in [0.1, 0.15) is 11.3 Å². The van der Waals surface area contributed by atoms with Crippen LogP contribution in [0.3, 0.4) is 0 Å². The van der Waals surface area contributed by atoms with Crippen LogP contribution in [0, 0.1) is 0 Å². The summed E-state index contributed by atoms with van der Waals surface area (Å²) < 4.78 is 5.17. The maximum absolute atomic E-state index is 12.3. The predicted molar refractivity (Wildman–Crippen MR) is 134 cm³/mol. The summed E-state index contributed by atoms with van der Waals surface area (Å²) in [7, 11) is 1.49. The first-order valence-electron chi connectivity index (χ1n) is 11.8. The number of fused-ring (bicyclic) bond motifs is 1. The van der Waals surface area contributed by atoms with Crippen molar-refractivity contribution in [1.29, 1.82) is 0 Å². The second-order valence-corrected chi connectivity index (χ2v) is 8.11. The average molecular weight is 467 g/mol. The number of pyridine rings is 1. The van der Waals surface area contributed by atoms with Gasteiger partial charge in [-0.1, -0.05) is 13.8 Å². The fraction of sp³-hybridized carbons (Fsp3) is 0.440. The fourth-order valence-corrected chi connectivity index (χ4v) is 3.73. The van der Waals surface area contributed by atoms with Crippen molar-refractivity contribution in [3.05, 3.63) is 36.5 Å². The number of carbonyl (C=O) groups is 1. The van der Waals surface area contributed by atoms with Crippen LogP contribution in [0.5, 0.6) is 11.5 Å². The lowest BCUT2D eigenvalue weighted by molar-refractivity contribution is 0.250. The molecule has 2 heterocycles. The number of aromatic hydroxyl groups is 1. The van der Waals surface area contributed by atoms with E-state index in [9.17, 15) is 9.90 Å². The number of phenolic OH excluding ortho intramolecular Hbond substituents is 1. The van der Waals surface area contributed by atoms with Crippen LogP contribution in [0.15, 0.2) is 36.5 Å². The summed E-state index contributed by atoms with van der Waals surface area (Å²) >= 11 is 0. The van der Waals surface area contributed by atoms with Crippen molar-refractivity contribution in [2.75, 3.05) is 38.6 Å². The molecule has 0 aliphatic carbocycles. The van der Waals surface area contributed by atoms with E-state index >= 15 is 0 Å². The Balaban J connectivity index is 1.56. The molecule has 0 atom stereocenters. The lowest BCUT2D eigenvalue weighted by atomic mass is 10.1. The van der Waals surface area contributed by atoms with E-state index in [4.69, 9.17) is 4.74 Å². The number of anilines is 1. The maximum Gasteiger partial charge on any atom is 0.320 e. The Morgan fingerprint density at radius 1 is 1.06 bits per heavy atom. The van der Waals surface area contributed by atoms with Gasteiger partial charge in [0.25, 0.3) is 0 Å². The number of benzene rings is 1. The molecule has 0 bridgehead atoms. The van der Waals surface area contributed by atoms with Crippen molar-refractivity contribution in [2.24, 2.45) is 0 Å². The lowest BCUT2D eigenvalue weighted by Crippen LogP contribution is -2.31. The van der Waals surface area contributed by atoms with E-state index in [-0.39, 0.29) is 11.8 Å². The highest BCUT2D eigenvalue weighted by molar-refractivity contribution is 5.89. The first-order valence-corrected chi connectivity index (χ1v) is 11.8. The van der Waals surface area contributed by atoms with Crippen LogP contribution in [0.1, 0.15) is 39.5 Å². The minimum atomic E-state index is -0.293. The third kappa shape index (κ3) is 7.02. The minimum absolute atomic E-state index is 0.0508. The van der Waals surface area contributed by atoms with E-state index in [2.05, 4.69) is 44.3 Å². The summed E-state index contributed by atoms with van der Waals surface area (Å²) in [6, 6.07) is 8.13. The molecule has 3 rings (SSSR count). The molecule has 0 spiro atoms. The van der Waals surface area contributed by atoms with Crippen LogP contribution in [0.4, 0.5) is 10.6 Å². The Morgan fingerprint density at radius 3 is 2.59 bits per heavy atom. The first kappa shape index (κ1) is 25.2. The van der Waals surface area contributed by atoms with Gasteiger partial charge in [0, 0.05) is 12.1 Å². The van der Waals surface area contributed by atoms with Gasteiger partial charge >= 0.3 is 6.03 Å². The van der Waals surface area contributed by atoms with E-state index < -0.39 is 0 Å². The predicted octanol–water partition coefficient (Wildman–Crippen LogP) is 4.43. The lowest BCUT2D eigenvalue weighted by Gasteiger charge is -2.20. The molecule has 3 aromatic rings. The van der Waals surface area contributed by atoms with E-state index in [1.54, 1.807) is 36.5 Å². The molecule has 0 radical (unpaired) electrons. The molecule has 9 heteroatoms. The number of rotatable bonds is 12. The van der Waals surface area contributed by atoms with Gasteiger partial charge in [-0.3, -0.25) is 10.3 Å². The van der Waals surface area contributed by atoms with Gasteiger partial charge in [0.15, 0.2) is 17.1 Å². The van der Waals surface area contributed by atoms with E-state index in [1.165, 1.54) is 7.11 Å². The third-order valence-corrected chi connectivity index (χ3v) is 5.39. The van der Waals surface area contributed by atoms with Crippen LogP contribution in [0.2, 0.25) is 0 Å². The second kappa shape index (κ2) is 12.7. The molecule has 0 unspecified atom stereocenters. The zero-order chi connectivity index (χ0) is 24.3. The van der Waals surface area contributed by atoms with E-state index in [0.717, 1.165) is 50.9 Å². The zero-order valence-electron chi connectivity index (χ0n) is 20.2. The molecular formula is C25H34N6O3. The maximum atomic E-state index is 12.3. The van der Waals surface area contributed by atoms with Crippen molar-refractivity contribution in [3.8, 4) is 22.8 Å². The van der Waals surface area contributed by atoms with Crippen molar-refractivity contribution < 1.29 is 14.6 Å². The number of amides is 2. The number of ether oxygens (including phenoxy) is 1. The minimum Gasteiger partial charge on any atom is -0.504 e. The van der Waals surface area contributed by atoms with Gasteiger partial charge in [-0.25, -0.2) is 14.8 Å². The quantitative estimate of drug-likeness (QED) is 0.339. The van der Waals surface area contributed by atoms with Gasteiger partial charge in [0.05, 0.1) is 19.0 Å². The van der Waals surface area contributed by atoms with Crippen LogP contribution < -0.4 is 15.4 Å². The van der Waals surface area contributed by atoms with Crippen molar-refractivity contribution >= 4 is 23.0 Å². The summed E-state index contributed by atoms with van der Waals surface area (Å²) in [4.78, 5) is 28.2. The number of aromatic nitrogens is 3. The van der Waals surface area contributed by atoms with Gasteiger partial charge < -0.3 is 20.1 Å². The molecule has 182 valence electrons. The van der Waals surface area contributed by atoms with Crippen LogP contribution in [-0.4, -0.2) is 64.3 Å². The Kier molecular flexibility index (Phi) is 9.40. The van der Waals surface area contributed by atoms with Gasteiger partial charge in [0.2, 0.25) is 0 Å². The van der Waals surface area contributed by atoms with Gasteiger partial charge in [-0.2, -0.15) is 0 Å². The topological polar surface area (TPSA) is 113 Å². The van der Waals surface area contributed by atoms with E-state index in [1.807, 2.05) is 0 Å². The number of hydrogen-bond acceptors (Lipinski definition) is 7. The number of urea groups is 1. The number of phenols is 1. The molecule has 2 amide bonds. The molecule has 1 aromatic carbocycles. The summed E-state index contributed by atoms with van der Waals surface area (Å²) in [6.07, 6.45) is 5.93. The monoisotopic (exact) mass is 466 g/mol. The van der Waals surface area contributed by atoms with Crippen molar-refractivity contribution in [1.82, 2.24) is 25.2 Å². The summed E-state index contributed by atoms with van der Waals surface area (Å²) in [6.45, 7) is 8.32. The Hall–Kier alpha value is -3.46. The highest BCUT2D eigenvalue weighted by Crippen LogP contribution is 2.30. The number of methoxy groups -OCH3 is 1. The van der Waals surface area contributed by atoms with Gasteiger partial charge in [-0.15, -0.1) is 0 Å². The number of nitrogens with zero attached hydrogens (tertiary/aromatic N) is 4. The summed E-state index contributed by atoms with van der Waals surface area (Å²) in [5.74, 6) is 0.801. The standard InChI is InChI=1S/C25H34N6O3/c1-4-13-31(14-5-2)15-7-6-12-26-25(33)30-23-11-9-19-24(29-23)28-20(17-27-19)18-8-10-21(32)22(16-18)34-3/h8-11,16-17,32H,4-7,12-15H2,1-3H3,(H2,26,28,29,30,33). The number of unbranched alkanes of at least 4 members (excludes halogenated alkanes) is 1. The molecular weight excluding hydrogens is 432 g/mol. The van der Waals surface area contributed by atoms with Crippen molar-refractivity contribution in [3.63, 3.8) is 0 Å². The smallest absolute Gasteiger partial charge is 0.320 e. The average Bonchev–Trinajstić information content (AvgIpc) is 2.84. The fourth-order valence-electron chi connectivity index (χ4n) is 3.73. The molecule has 9 nitrogen and oxygen atoms in total. The third-order valence-electron chi connectivity index (χ3n) is 5.39. The van der Waals surface area contributed by atoms with Gasteiger partial charge in [-0.05, 0) is 75.6 Å². The molecule has 0 saturated carbocycles. The number of hydrogen-bond donors (Lipinski definition) is 3. The molecule has 0 fully saturated rings. The molecule has 34 heavy (non-hydrogen) atoms. The van der Waals surface area contributed by atoms with Crippen LogP contribution >= 0.6 is 0 Å². The number of nitrogens with one attached hydrogen (secondary N) is 2. The highest BCUT2D eigenvalue weighted by atomic mass is 16.5.